The molecule has 0 radical (unpaired) electrons. The highest BCUT2D eigenvalue weighted by Gasteiger charge is 2.22. The molecular weight excluding hydrogens is 409 g/mol. The number of amides is 1. The fourth-order valence-electron chi connectivity index (χ4n) is 4.31. The molecule has 2 aliphatic heterocycles. The van der Waals surface area contributed by atoms with Crippen molar-refractivity contribution < 1.29 is 4.79 Å². The van der Waals surface area contributed by atoms with Crippen LogP contribution in [0.25, 0.3) is 11.4 Å². The average Bonchev–Trinajstić information content (AvgIpc) is 3.13. The molecule has 1 fully saturated rings. The highest BCUT2D eigenvalue weighted by Crippen LogP contribution is 2.26. The maximum atomic E-state index is 12.4. The Morgan fingerprint density at radius 3 is 2.62 bits per heavy atom. The molecule has 6 nitrogen and oxygen atoms in total. The van der Waals surface area contributed by atoms with E-state index < -0.39 is 0 Å². The number of halogens is 2. The molecule has 1 aromatic carbocycles. The minimum atomic E-state index is 0. The molecule has 0 bridgehead atoms. The third-order valence-electron chi connectivity index (χ3n) is 5.98. The molecule has 3 heterocycles. The van der Waals surface area contributed by atoms with Gasteiger partial charge < -0.3 is 15.2 Å². The third kappa shape index (κ3) is 5.71. The minimum Gasteiger partial charge on any atom is -0.326 e. The zero-order valence-corrected chi connectivity index (χ0v) is 18.5. The molecule has 1 saturated heterocycles. The number of carbonyl (C=O) groups excluding carboxylic acids is 1. The van der Waals surface area contributed by atoms with Gasteiger partial charge in [-0.3, -0.25) is 4.79 Å². The van der Waals surface area contributed by atoms with Gasteiger partial charge in [0.25, 0.3) is 0 Å². The molecular formula is C21H31Cl2N5O. The molecule has 29 heavy (non-hydrogen) atoms. The summed E-state index contributed by atoms with van der Waals surface area (Å²) in [5.41, 5.74) is 1.90. The summed E-state index contributed by atoms with van der Waals surface area (Å²) < 4.78 is 2.22. The molecule has 2 N–H and O–H groups in total. The summed E-state index contributed by atoms with van der Waals surface area (Å²) in [5.74, 6) is 3.20. The highest BCUT2D eigenvalue weighted by atomic mass is 35.5. The molecule has 0 saturated carbocycles. The number of hydrogen-bond acceptors (Lipinski definition) is 4. The Labute approximate surface area is 185 Å². The van der Waals surface area contributed by atoms with Crippen molar-refractivity contribution in [2.45, 2.75) is 52.0 Å². The SMILES string of the molecule is CC(CC(=O)Nc1ccc(-c2nnc3n2CCCC3)cc1)C1CCNCC1.Cl.Cl. The topological polar surface area (TPSA) is 71.8 Å². The number of piperidine rings is 1. The summed E-state index contributed by atoms with van der Waals surface area (Å²) in [6.45, 7) is 5.34. The maximum Gasteiger partial charge on any atom is 0.224 e. The summed E-state index contributed by atoms with van der Waals surface area (Å²) in [5, 5.41) is 15.1. The zero-order valence-electron chi connectivity index (χ0n) is 16.9. The Morgan fingerprint density at radius 2 is 1.90 bits per heavy atom. The Balaban J connectivity index is 0.00000150. The van der Waals surface area contributed by atoms with E-state index in [1.165, 1.54) is 25.7 Å². The van der Waals surface area contributed by atoms with Gasteiger partial charge in [-0.1, -0.05) is 6.92 Å². The van der Waals surface area contributed by atoms with Crippen LogP contribution in [0.2, 0.25) is 0 Å². The van der Waals surface area contributed by atoms with Gasteiger partial charge in [0, 0.05) is 30.6 Å². The third-order valence-corrected chi connectivity index (χ3v) is 5.98. The van der Waals surface area contributed by atoms with Gasteiger partial charge in [-0.15, -0.1) is 35.0 Å². The normalized spacial score (nSPS) is 17.4. The van der Waals surface area contributed by atoms with Gasteiger partial charge in [0.05, 0.1) is 0 Å². The van der Waals surface area contributed by atoms with Gasteiger partial charge >= 0.3 is 0 Å². The van der Waals surface area contributed by atoms with Gasteiger partial charge in [0.1, 0.15) is 5.82 Å². The standard InChI is InChI=1S/C21H29N5O.2ClH/c1-15(16-9-11-22-12-10-16)14-20(27)23-18-7-5-17(6-8-18)21-25-24-19-4-2-3-13-26(19)21;;/h5-8,15-16,22H,2-4,9-14H2,1H3,(H,23,27);2*1H. The molecule has 1 unspecified atom stereocenters. The molecule has 1 amide bonds. The second-order valence-corrected chi connectivity index (χ2v) is 7.94. The van der Waals surface area contributed by atoms with Gasteiger partial charge in [0.2, 0.25) is 5.91 Å². The van der Waals surface area contributed by atoms with E-state index in [0.29, 0.717) is 18.3 Å². The van der Waals surface area contributed by atoms with E-state index in [4.69, 9.17) is 0 Å². The monoisotopic (exact) mass is 439 g/mol. The molecule has 160 valence electrons. The second-order valence-electron chi connectivity index (χ2n) is 7.94. The van der Waals surface area contributed by atoms with Gasteiger partial charge in [-0.05, 0) is 74.9 Å². The van der Waals surface area contributed by atoms with E-state index in [9.17, 15) is 4.79 Å². The first-order valence-electron chi connectivity index (χ1n) is 10.2. The van der Waals surface area contributed by atoms with Crippen LogP contribution in [-0.4, -0.2) is 33.8 Å². The molecule has 2 aromatic rings. The number of nitrogens with one attached hydrogen (secondary N) is 2. The number of aryl methyl sites for hydroxylation is 1. The second kappa shape index (κ2) is 11.0. The lowest BCUT2D eigenvalue weighted by Crippen LogP contribution is -2.32. The van der Waals surface area contributed by atoms with Gasteiger partial charge in [-0.25, -0.2) is 0 Å². The molecule has 8 heteroatoms. The first kappa shape index (κ1) is 23.6. The van der Waals surface area contributed by atoms with E-state index in [2.05, 4.69) is 32.3 Å². The van der Waals surface area contributed by atoms with Crippen LogP contribution in [-0.2, 0) is 17.8 Å². The fraction of sp³-hybridized carbons (Fsp3) is 0.571. The zero-order chi connectivity index (χ0) is 18.6. The number of fused-ring (bicyclic) bond motifs is 1. The van der Waals surface area contributed by atoms with Crippen LogP contribution >= 0.6 is 24.8 Å². The van der Waals surface area contributed by atoms with Crippen molar-refractivity contribution in [2.75, 3.05) is 18.4 Å². The number of benzene rings is 1. The van der Waals surface area contributed by atoms with E-state index >= 15 is 0 Å². The average molecular weight is 440 g/mol. The van der Waals surface area contributed by atoms with E-state index in [1.54, 1.807) is 0 Å². The summed E-state index contributed by atoms with van der Waals surface area (Å²) in [6.07, 6.45) is 6.32. The first-order valence-corrected chi connectivity index (χ1v) is 10.2. The Morgan fingerprint density at radius 1 is 1.17 bits per heavy atom. The maximum absolute atomic E-state index is 12.4. The van der Waals surface area contributed by atoms with Crippen LogP contribution in [0, 0.1) is 11.8 Å². The summed E-state index contributed by atoms with van der Waals surface area (Å²) in [7, 11) is 0. The van der Waals surface area contributed by atoms with Crippen LogP contribution in [0.4, 0.5) is 5.69 Å². The Kier molecular flexibility index (Phi) is 8.93. The first-order chi connectivity index (χ1) is 13.2. The lowest BCUT2D eigenvalue weighted by Gasteiger charge is -2.27. The van der Waals surface area contributed by atoms with E-state index in [0.717, 1.165) is 49.0 Å². The largest absolute Gasteiger partial charge is 0.326 e. The lowest BCUT2D eigenvalue weighted by molar-refractivity contribution is -0.117. The van der Waals surface area contributed by atoms with Crippen LogP contribution in [0.15, 0.2) is 24.3 Å². The predicted molar refractivity (Wildman–Crippen MR) is 121 cm³/mol. The molecule has 1 aromatic heterocycles. The summed E-state index contributed by atoms with van der Waals surface area (Å²) >= 11 is 0. The molecule has 2 aliphatic rings. The van der Waals surface area contributed by atoms with Crippen molar-refractivity contribution in [3.63, 3.8) is 0 Å². The van der Waals surface area contributed by atoms with Crippen LogP contribution in [0.5, 0.6) is 0 Å². The van der Waals surface area contributed by atoms with Crippen molar-refractivity contribution in [1.82, 2.24) is 20.1 Å². The van der Waals surface area contributed by atoms with Crippen LogP contribution in [0.3, 0.4) is 0 Å². The highest BCUT2D eigenvalue weighted by molar-refractivity contribution is 5.91. The lowest BCUT2D eigenvalue weighted by atomic mass is 9.84. The van der Waals surface area contributed by atoms with Crippen molar-refractivity contribution in [2.24, 2.45) is 11.8 Å². The Hall–Kier alpha value is -1.63. The summed E-state index contributed by atoms with van der Waals surface area (Å²) in [6, 6.07) is 7.98. The van der Waals surface area contributed by atoms with Gasteiger partial charge in [0.15, 0.2) is 5.82 Å². The van der Waals surface area contributed by atoms with Crippen molar-refractivity contribution in [3.8, 4) is 11.4 Å². The predicted octanol–water partition coefficient (Wildman–Crippen LogP) is 4.09. The Bertz CT molecular complexity index is 787. The molecule has 0 aliphatic carbocycles. The van der Waals surface area contributed by atoms with Crippen molar-refractivity contribution >= 4 is 36.4 Å². The minimum absolute atomic E-state index is 0. The van der Waals surface area contributed by atoms with Crippen molar-refractivity contribution in [3.05, 3.63) is 30.1 Å². The number of nitrogens with zero attached hydrogens (tertiary/aromatic N) is 3. The molecule has 4 rings (SSSR count). The van der Waals surface area contributed by atoms with E-state index in [-0.39, 0.29) is 30.7 Å². The fourth-order valence-corrected chi connectivity index (χ4v) is 4.31. The number of carbonyl (C=O) groups is 1. The number of anilines is 1. The molecule has 1 atom stereocenters. The number of rotatable bonds is 5. The van der Waals surface area contributed by atoms with Crippen molar-refractivity contribution in [1.29, 1.82) is 0 Å². The smallest absolute Gasteiger partial charge is 0.224 e. The summed E-state index contributed by atoms with van der Waals surface area (Å²) in [4.78, 5) is 12.4. The van der Waals surface area contributed by atoms with E-state index in [1.807, 2.05) is 24.3 Å². The van der Waals surface area contributed by atoms with Gasteiger partial charge in [-0.2, -0.15) is 0 Å². The number of aromatic nitrogens is 3. The molecule has 0 spiro atoms. The number of hydrogen-bond donors (Lipinski definition) is 2. The van der Waals surface area contributed by atoms with Crippen LogP contribution in [0.1, 0.15) is 44.9 Å². The quantitative estimate of drug-likeness (QED) is 0.735. The van der Waals surface area contributed by atoms with Crippen LogP contribution < -0.4 is 10.6 Å².